The van der Waals surface area contributed by atoms with E-state index in [1.807, 2.05) is 0 Å². The first kappa shape index (κ1) is 14.2. The van der Waals surface area contributed by atoms with Crippen molar-refractivity contribution in [3.05, 3.63) is 95.5 Å². The van der Waals surface area contributed by atoms with E-state index in [-0.39, 0.29) is 0 Å². The molecule has 0 nitrogen and oxygen atoms in total. The first-order valence-corrected chi connectivity index (χ1v) is 8.44. The van der Waals surface area contributed by atoms with Crippen LogP contribution in [0.5, 0.6) is 0 Å². The van der Waals surface area contributed by atoms with E-state index < -0.39 is 0 Å². The molecule has 0 aliphatic rings. The molecule has 1 heteroatoms. The average Bonchev–Trinajstić information content (AvgIpc) is 2.62. The summed E-state index contributed by atoms with van der Waals surface area (Å²) in [6, 6.07) is 32.3. The average molecular weight is 359 g/mol. The normalized spacial score (nSPS) is 10.8. The SMILES string of the molecule is Brc1ccc2cc(-c3cccc(-c4ccccc4)c3)ccc2c1. The molecule has 0 atom stereocenters. The van der Waals surface area contributed by atoms with Crippen LogP contribution in [0.4, 0.5) is 0 Å². The quantitative estimate of drug-likeness (QED) is 0.364. The maximum Gasteiger partial charge on any atom is 0.0181 e. The number of hydrogen-bond acceptors (Lipinski definition) is 0. The van der Waals surface area contributed by atoms with Crippen LogP contribution in [0.1, 0.15) is 0 Å². The Labute approximate surface area is 144 Å². The zero-order valence-electron chi connectivity index (χ0n) is 12.5. The monoisotopic (exact) mass is 358 g/mol. The Bertz CT molecular complexity index is 971. The second-order valence-corrected chi connectivity index (χ2v) is 6.57. The summed E-state index contributed by atoms with van der Waals surface area (Å²) in [7, 11) is 0. The minimum Gasteiger partial charge on any atom is -0.0622 e. The molecule has 4 rings (SSSR count). The zero-order valence-corrected chi connectivity index (χ0v) is 14.1. The molecule has 0 bridgehead atoms. The summed E-state index contributed by atoms with van der Waals surface area (Å²) >= 11 is 3.53. The number of benzene rings is 4. The molecule has 0 unspecified atom stereocenters. The fourth-order valence-corrected chi connectivity index (χ4v) is 3.28. The molecule has 110 valence electrons. The Kier molecular flexibility index (Phi) is 3.72. The van der Waals surface area contributed by atoms with Gasteiger partial charge in [0.2, 0.25) is 0 Å². The van der Waals surface area contributed by atoms with Crippen LogP contribution >= 0.6 is 15.9 Å². The van der Waals surface area contributed by atoms with Crippen LogP contribution in [-0.2, 0) is 0 Å². The molecule has 0 heterocycles. The zero-order chi connectivity index (χ0) is 15.6. The number of rotatable bonds is 2. The van der Waals surface area contributed by atoms with Crippen LogP contribution in [-0.4, -0.2) is 0 Å². The van der Waals surface area contributed by atoms with Gasteiger partial charge in [-0.1, -0.05) is 82.7 Å². The van der Waals surface area contributed by atoms with E-state index in [1.165, 1.54) is 33.0 Å². The third-order valence-corrected chi connectivity index (χ3v) is 4.60. The summed E-state index contributed by atoms with van der Waals surface area (Å²) in [4.78, 5) is 0. The molecule has 0 aliphatic carbocycles. The number of halogens is 1. The van der Waals surface area contributed by atoms with E-state index in [0.717, 1.165) is 4.47 Å². The van der Waals surface area contributed by atoms with Crippen LogP contribution in [0.2, 0.25) is 0 Å². The highest BCUT2D eigenvalue weighted by atomic mass is 79.9. The molecule has 0 saturated heterocycles. The predicted octanol–water partition coefficient (Wildman–Crippen LogP) is 6.94. The third kappa shape index (κ3) is 2.93. The largest absolute Gasteiger partial charge is 0.0622 e. The molecular formula is C22H15Br. The topological polar surface area (TPSA) is 0 Å². The molecule has 4 aromatic carbocycles. The lowest BCUT2D eigenvalue weighted by molar-refractivity contribution is 1.60. The Morgan fingerprint density at radius 1 is 0.435 bits per heavy atom. The highest BCUT2D eigenvalue weighted by molar-refractivity contribution is 9.10. The van der Waals surface area contributed by atoms with Crippen LogP contribution in [0, 0.1) is 0 Å². The molecule has 4 aromatic rings. The summed E-state index contributed by atoms with van der Waals surface area (Å²) in [5, 5.41) is 2.51. The van der Waals surface area contributed by atoms with E-state index >= 15 is 0 Å². The molecule has 0 saturated carbocycles. The number of fused-ring (bicyclic) bond motifs is 1. The van der Waals surface area contributed by atoms with Gasteiger partial charge in [-0.25, -0.2) is 0 Å². The van der Waals surface area contributed by atoms with E-state index in [2.05, 4.69) is 107 Å². The fourth-order valence-electron chi connectivity index (χ4n) is 2.91. The molecule has 0 aromatic heterocycles. The lowest BCUT2D eigenvalue weighted by atomic mass is 9.97. The van der Waals surface area contributed by atoms with E-state index in [9.17, 15) is 0 Å². The van der Waals surface area contributed by atoms with Gasteiger partial charge in [0.25, 0.3) is 0 Å². The van der Waals surface area contributed by atoms with Gasteiger partial charge < -0.3 is 0 Å². The Morgan fingerprint density at radius 2 is 1.04 bits per heavy atom. The molecule has 0 radical (unpaired) electrons. The van der Waals surface area contributed by atoms with Crippen LogP contribution < -0.4 is 0 Å². The molecule has 0 fully saturated rings. The van der Waals surface area contributed by atoms with Crippen LogP contribution in [0.3, 0.4) is 0 Å². The molecular weight excluding hydrogens is 344 g/mol. The lowest BCUT2D eigenvalue weighted by Crippen LogP contribution is -1.82. The van der Waals surface area contributed by atoms with Gasteiger partial charge in [-0.3, -0.25) is 0 Å². The van der Waals surface area contributed by atoms with Crippen molar-refractivity contribution in [2.45, 2.75) is 0 Å². The highest BCUT2D eigenvalue weighted by Gasteiger charge is 2.03. The van der Waals surface area contributed by atoms with Gasteiger partial charge in [0.1, 0.15) is 0 Å². The van der Waals surface area contributed by atoms with Gasteiger partial charge in [-0.2, -0.15) is 0 Å². The van der Waals surface area contributed by atoms with Crippen molar-refractivity contribution in [2.75, 3.05) is 0 Å². The lowest BCUT2D eigenvalue weighted by Gasteiger charge is -2.08. The second kappa shape index (κ2) is 6.02. The van der Waals surface area contributed by atoms with Gasteiger partial charge >= 0.3 is 0 Å². The smallest absolute Gasteiger partial charge is 0.0181 e. The maximum absolute atomic E-state index is 3.53. The van der Waals surface area contributed by atoms with E-state index in [4.69, 9.17) is 0 Å². The van der Waals surface area contributed by atoms with Crippen LogP contribution in [0.25, 0.3) is 33.0 Å². The molecule has 0 spiro atoms. The summed E-state index contributed by atoms with van der Waals surface area (Å²) < 4.78 is 1.11. The van der Waals surface area contributed by atoms with E-state index in [1.54, 1.807) is 0 Å². The van der Waals surface area contributed by atoms with Gasteiger partial charge in [0, 0.05) is 4.47 Å². The minimum absolute atomic E-state index is 1.11. The van der Waals surface area contributed by atoms with Crippen molar-refractivity contribution >= 4 is 26.7 Å². The summed E-state index contributed by atoms with van der Waals surface area (Å²) in [5.41, 5.74) is 4.99. The molecule has 0 N–H and O–H groups in total. The van der Waals surface area contributed by atoms with Gasteiger partial charge in [0.15, 0.2) is 0 Å². The standard InChI is InChI=1S/C22H15Br/c23-22-12-11-20-14-19(9-10-21(20)15-22)18-8-4-7-17(13-18)16-5-2-1-3-6-16/h1-15H. The van der Waals surface area contributed by atoms with Gasteiger partial charge in [-0.15, -0.1) is 0 Å². The molecule has 23 heavy (non-hydrogen) atoms. The second-order valence-electron chi connectivity index (χ2n) is 5.65. The van der Waals surface area contributed by atoms with Crippen molar-refractivity contribution < 1.29 is 0 Å². The van der Waals surface area contributed by atoms with E-state index in [0.29, 0.717) is 0 Å². The number of hydrogen-bond donors (Lipinski definition) is 0. The Balaban J connectivity index is 1.80. The maximum atomic E-state index is 3.53. The fraction of sp³-hybridized carbons (Fsp3) is 0. The van der Waals surface area contributed by atoms with Crippen molar-refractivity contribution in [3.63, 3.8) is 0 Å². The van der Waals surface area contributed by atoms with Crippen molar-refractivity contribution in [2.24, 2.45) is 0 Å². The van der Waals surface area contributed by atoms with Gasteiger partial charge in [-0.05, 0) is 57.3 Å². The molecule has 0 aliphatic heterocycles. The molecule has 0 amide bonds. The van der Waals surface area contributed by atoms with Crippen molar-refractivity contribution in [1.82, 2.24) is 0 Å². The van der Waals surface area contributed by atoms with Crippen molar-refractivity contribution in [3.8, 4) is 22.3 Å². The Hall–Kier alpha value is -2.38. The summed E-state index contributed by atoms with van der Waals surface area (Å²) in [6.45, 7) is 0. The minimum atomic E-state index is 1.11. The first-order chi connectivity index (χ1) is 11.3. The third-order valence-electron chi connectivity index (χ3n) is 4.11. The van der Waals surface area contributed by atoms with Gasteiger partial charge in [0.05, 0.1) is 0 Å². The van der Waals surface area contributed by atoms with Crippen LogP contribution in [0.15, 0.2) is 95.5 Å². The Morgan fingerprint density at radius 3 is 1.87 bits per heavy atom. The first-order valence-electron chi connectivity index (χ1n) is 7.65. The summed E-state index contributed by atoms with van der Waals surface area (Å²) in [5.74, 6) is 0. The summed E-state index contributed by atoms with van der Waals surface area (Å²) in [6.07, 6.45) is 0. The highest BCUT2D eigenvalue weighted by Crippen LogP contribution is 2.29. The predicted molar refractivity (Wildman–Crippen MR) is 103 cm³/mol. The van der Waals surface area contributed by atoms with Crippen molar-refractivity contribution in [1.29, 1.82) is 0 Å².